The quantitative estimate of drug-likeness (QED) is 0.336. The summed E-state index contributed by atoms with van der Waals surface area (Å²) in [5, 5.41) is 0.722. The summed E-state index contributed by atoms with van der Waals surface area (Å²) in [7, 11) is 0. The third-order valence-corrected chi connectivity index (χ3v) is 5.30. The number of benzene rings is 2. The molecule has 176 valence electrons. The maximum atomic E-state index is 11.5. The van der Waals surface area contributed by atoms with E-state index in [-0.39, 0.29) is 11.9 Å². The molecule has 34 heavy (non-hydrogen) atoms. The molecule has 0 fully saturated rings. The molecular weight excluding hydrogens is 479 g/mol. The molecule has 0 unspecified atom stereocenters. The maximum absolute atomic E-state index is 11.5. The average molecular weight is 501 g/mol. The van der Waals surface area contributed by atoms with Gasteiger partial charge in [0, 0.05) is 0 Å². The Bertz CT molecular complexity index is 1270. The number of nitrogens with zero attached hydrogens (tertiary/aromatic N) is 4. The lowest BCUT2D eigenvalue weighted by atomic mass is 10.2. The van der Waals surface area contributed by atoms with Crippen molar-refractivity contribution in [1.82, 2.24) is 19.9 Å². The van der Waals surface area contributed by atoms with E-state index < -0.39 is 0 Å². The van der Waals surface area contributed by atoms with Gasteiger partial charge in [-0.25, -0.2) is 29.5 Å². The number of rotatable bonds is 4. The molecule has 0 aliphatic heterocycles. The molecule has 0 saturated heterocycles. The molecule has 0 aliphatic carbocycles. The number of esters is 2. The van der Waals surface area contributed by atoms with Crippen LogP contribution in [0.5, 0.6) is 0 Å². The van der Waals surface area contributed by atoms with Crippen molar-refractivity contribution in [2.24, 2.45) is 0 Å². The zero-order chi connectivity index (χ0) is 24.8. The van der Waals surface area contributed by atoms with Crippen LogP contribution in [0.25, 0.3) is 22.1 Å². The summed E-state index contributed by atoms with van der Waals surface area (Å²) in [6, 6.07) is 10.1. The Morgan fingerprint density at radius 3 is 1.53 bits per heavy atom. The predicted octanol–water partition coefficient (Wildman–Crippen LogP) is 5.54. The number of hydrogen-bond donors (Lipinski definition) is 0. The Morgan fingerprint density at radius 2 is 1.06 bits per heavy atom. The smallest absolute Gasteiger partial charge is 0.338 e. The van der Waals surface area contributed by atoms with Gasteiger partial charge in [-0.15, -0.1) is 0 Å². The van der Waals surface area contributed by atoms with E-state index in [1.54, 1.807) is 64.1 Å². The van der Waals surface area contributed by atoms with Gasteiger partial charge in [0.15, 0.2) is 10.3 Å². The molecule has 0 N–H and O–H groups in total. The van der Waals surface area contributed by atoms with Crippen LogP contribution in [0.1, 0.15) is 46.0 Å². The first-order valence-electron chi connectivity index (χ1n) is 10.5. The van der Waals surface area contributed by atoms with Crippen LogP contribution in [0, 0.1) is 13.8 Å². The van der Waals surface area contributed by atoms with Crippen molar-refractivity contribution in [3.05, 3.63) is 69.2 Å². The standard InChI is InChI=1S/2C12H11ClN2O2/c1-3-17-12(16)8-4-5-9-10(6-8)14-7(2)11(13)15-9;1-3-17-12(16)8-4-5-9-10(6-8)15-11(13)7(2)14-9/h2*4-6H,3H2,1-2H3. The fraction of sp³-hybridized carbons (Fsp3) is 0.250. The largest absolute Gasteiger partial charge is 0.462 e. The highest BCUT2D eigenvalue weighted by molar-refractivity contribution is 6.30. The minimum absolute atomic E-state index is 0.344. The Hall–Kier alpha value is -3.36. The van der Waals surface area contributed by atoms with Crippen LogP contribution in [-0.4, -0.2) is 45.1 Å². The normalized spacial score (nSPS) is 10.5. The molecule has 0 spiro atoms. The summed E-state index contributed by atoms with van der Waals surface area (Å²) < 4.78 is 9.83. The van der Waals surface area contributed by atoms with Gasteiger partial charge >= 0.3 is 11.9 Å². The lowest BCUT2D eigenvalue weighted by Crippen LogP contribution is -2.04. The summed E-state index contributed by atoms with van der Waals surface area (Å²) in [4.78, 5) is 40.0. The van der Waals surface area contributed by atoms with E-state index in [2.05, 4.69) is 19.9 Å². The van der Waals surface area contributed by atoms with Crippen molar-refractivity contribution in [3.63, 3.8) is 0 Å². The third kappa shape index (κ3) is 5.95. The van der Waals surface area contributed by atoms with Crippen LogP contribution in [0.4, 0.5) is 0 Å². The van der Waals surface area contributed by atoms with Gasteiger partial charge in [0.05, 0.1) is 57.8 Å². The van der Waals surface area contributed by atoms with Gasteiger partial charge in [-0.3, -0.25) is 0 Å². The molecular formula is C24H22Cl2N4O4. The molecule has 2 aromatic heterocycles. The molecule has 10 heteroatoms. The fourth-order valence-corrected chi connectivity index (χ4v) is 3.19. The number of hydrogen-bond acceptors (Lipinski definition) is 8. The molecule has 0 saturated carbocycles. The van der Waals surface area contributed by atoms with Crippen molar-refractivity contribution in [1.29, 1.82) is 0 Å². The van der Waals surface area contributed by atoms with Crippen LogP contribution in [-0.2, 0) is 9.47 Å². The lowest BCUT2D eigenvalue weighted by molar-refractivity contribution is 0.0517. The minimum atomic E-state index is -0.368. The first-order valence-corrected chi connectivity index (χ1v) is 11.2. The number of carbonyl (C=O) groups excluding carboxylic acids is 2. The van der Waals surface area contributed by atoms with Gasteiger partial charge in [0.1, 0.15) is 0 Å². The Kier molecular flexibility index (Phi) is 8.31. The molecule has 0 radical (unpaired) electrons. The van der Waals surface area contributed by atoms with Gasteiger partial charge in [0.2, 0.25) is 0 Å². The van der Waals surface area contributed by atoms with Crippen molar-refractivity contribution < 1.29 is 19.1 Å². The Labute approximate surface area is 206 Å². The monoisotopic (exact) mass is 500 g/mol. The zero-order valence-corrected chi connectivity index (χ0v) is 20.6. The van der Waals surface area contributed by atoms with Crippen molar-refractivity contribution in [3.8, 4) is 0 Å². The van der Waals surface area contributed by atoms with Gasteiger partial charge in [-0.2, -0.15) is 0 Å². The first kappa shape index (κ1) is 25.3. The van der Waals surface area contributed by atoms with Crippen molar-refractivity contribution in [2.45, 2.75) is 27.7 Å². The number of aromatic nitrogens is 4. The molecule has 0 amide bonds. The minimum Gasteiger partial charge on any atom is -0.462 e. The molecule has 4 rings (SSSR count). The SMILES string of the molecule is CCOC(=O)c1ccc2nc(C)c(Cl)nc2c1.CCOC(=O)c1ccc2nc(Cl)c(C)nc2c1. The summed E-state index contributed by atoms with van der Waals surface area (Å²) in [5.41, 5.74) is 4.82. The number of ether oxygens (including phenoxy) is 2. The van der Waals surface area contributed by atoms with Crippen molar-refractivity contribution in [2.75, 3.05) is 13.2 Å². The van der Waals surface area contributed by atoms with Crippen LogP contribution in [0.2, 0.25) is 10.3 Å². The summed E-state index contributed by atoms with van der Waals surface area (Å²) in [5.74, 6) is -0.725. The average Bonchev–Trinajstić information content (AvgIpc) is 2.81. The molecule has 4 aromatic rings. The van der Waals surface area contributed by atoms with E-state index in [1.807, 2.05) is 0 Å². The zero-order valence-electron chi connectivity index (χ0n) is 19.1. The van der Waals surface area contributed by atoms with E-state index in [9.17, 15) is 9.59 Å². The molecule has 0 aliphatic rings. The highest BCUT2D eigenvalue weighted by atomic mass is 35.5. The van der Waals surface area contributed by atoms with E-state index >= 15 is 0 Å². The number of halogens is 2. The molecule has 2 heterocycles. The van der Waals surface area contributed by atoms with Gasteiger partial charge < -0.3 is 9.47 Å². The second kappa shape index (κ2) is 11.2. The summed E-state index contributed by atoms with van der Waals surface area (Å²) in [6.07, 6.45) is 0. The molecule has 8 nitrogen and oxygen atoms in total. The summed E-state index contributed by atoms with van der Waals surface area (Å²) in [6.45, 7) is 7.78. The number of aryl methyl sites for hydroxylation is 2. The van der Waals surface area contributed by atoms with Crippen LogP contribution in [0.3, 0.4) is 0 Å². The predicted molar refractivity (Wildman–Crippen MR) is 130 cm³/mol. The van der Waals surface area contributed by atoms with Gasteiger partial charge in [-0.05, 0) is 64.1 Å². The molecule has 0 atom stereocenters. The van der Waals surface area contributed by atoms with E-state index in [4.69, 9.17) is 32.7 Å². The first-order chi connectivity index (χ1) is 16.2. The van der Waals surface area contributed by atoms with Gasteiger partial charge in [-0.1, -0.05) is 23.2 Å². The summed E-state index contributed by atoms with van der Waals surface area (Å²) >= 11 is 11.8. The second-order valence-electron chi connectivity index (χ2n) is 7.05. The highest BCUT2D eigenvalue weighted by Crippen LogP contribution is 2.19. The van der Waals surface area contributed by atoms with Crippen LogP contribution in [0.15, 0.2) is 36.4 Å². The maximum Gasteiger partial charge on any atom is 0.338 e. The number of fused-ring (bicyclic) bond motifs is 2. The Balaban J connectivity index is 0.000000191. The van der Waals surface area contributed by atoms with E-state index in [0.29, 0.717) is 68.1 Å². The number of carbonyl (C=O) groups is 2. The molecule has 0 bridgehead atoms. The second-order valence-corrected chi connectivity index (χ2v) is 7.76. The molecule has 2 aromatic carbocycles. The van der Waals surface area contributed by atoms with Crippen LogP contribution < -0.4 is 0 Å². The fourth-order valence-electron chi connectivity index (χ4n) is 2.92. The van der Waals surface area contributed by atoms with Crippen molar-refractivity contribution >= 4 is 57.2 Å². The van der Waals surface area contributed by atoms with Crippen LogP contribution >= 0.6 is 23.2 Å². The van der Waals surface area contributed by atoms with Gasteiger partial charge in [0.25, 0.3) is 0 Å². The lowest BCUT2D eigenvalue weighted by Gasteiger charge is -2.04. The van der Waals surface area contributed by atoms with E-state index in [0.717, 1.165) is 0 Å². The van der Waals surface area contributed by atoms with E-state index in [1.165, 1.54) is 0 Å². The topological polar surface area (TPSA) is 104 Å². The third-order valence-electron chi connectivity index (χ3n) is 4.58. The highest BCUT2D eigenvalue weighted by Gasteiger charge is 2.10. The Morgan fingerprint density at radius 1 is 0.676 bits per heavy atom.